The molecule has 2 aromatic rings. The zero-order valence-electron chi connectivity index (χ0n) is 16.1. The number of aryl methyl sites for hydroxylation is 1. The number of sulfonamides is 1. The molecule has 10 heteroatoms. The molecule has 0 aliphatic rings. The van der Waals surface area contributed by atoms with Gasteiger partial charge in [-0.2, -0.15) is 4.98 Å². The third kappa shape index (κ3) is 6.97. The molecule has 1 aromatic carbocycles. The molecule has 0 aliphatic carbocycles. The molecule has 0 atom stereocenters. The Morgan fingerprint density at radius 3 is 2.64 bits per heavy atom. The number of nitrogens with one attached hydrogen (secondary N) is 3. The van der Waals surface area contributed by atoms with Crippen molar-refractivity contribution in [3.05, 3.63) is 59.0 Å². The van der Waals surface area contributed by atoms with Crippen molar-refractivity contribution in [1.29, 1.82) is 0 Å². The van der Waals surface area contributed by atoms with Gasteiger partial charge in [-0.1, -0.05) is 24.3 Å². The van der Waals surface area contributed by atoms with Crippen LogP contribution in [0.3, 0.4) is 0 Å². The van der Waals surface area contributed by atoms with Crippen LogP contribution in [0, 0.1) is 6.92 Å². The Bertz CT molecular complexity index is 972. The third-order valence-electron chi connectivity index (χ3n) is 3.67. The zero-order chi connectivity index (χ0) is 20.6. The maximum Gasteiger partial charge on any atom is 0.229 e. The van der Waals surface area contributed by atoms with Crippen LogP contribution in [0.2, 0.25) is 0 Å². The van der Waals surface area contributed by atoms with Gasteiger partial charge in [0.2, 0.25) is 16.0 Å². The van der Waals surface area contributed by atoms with Crippen molar-refractivity contribution in [2.45, 2.75) is 20.0 Å². The highest BCUT2D eigenvalue weighted by Crippen LogP contribution is 2.15. The van der Waals surface area contributed by atoms with Gasteiger partial charge in [0, 0.05) is 44.3 Å². The average Bonchev–Trinajstić information content (AvgIpc) is 2.66. The molecule has 0 fully saturated rings. The fraction of sp³-hybridized carbons (Fsp3) is 0.278. The van der Waals surface area contributed by atoms with Crippen molar-refractivity contribution in [2.24, 2.45) is 10.7 Å². The first-order valence-electron chi connectivity index (χ1n) is 8.52. The molecule has 0 spiro atoms. The number of aliphatic imine (C=N–C) groups is 1. The van der Waals surface area contributed by atoms with Gasteiger partial charge in [-0.15, -0.1) is 0 Å². The predicted molar refractivity (Wildman–Crippen MR) is 113 cm³/mol. The first kappa shape index (κ1) is 21.3. The molecule has 0 aliphatic heterocycles. The summed E-state index contributed by atoms with van der Waals surface area (Å²) in [5.74, 6) is 1.08. The van der Waals surface area contributed by atoms with Crippen molar-refractivity contribution in [3.63, 3.8) is 0 Å². The highest BCUT2D eigenvalue weighted by molar-refractivity contribution is 7.88. The fourth-order valence-electron chi connectivity index (χ4n) is 2.32. The van der Waals surface area contributed by atoms with Gasteiger partial charge in [0.1, 0.15) is 5.82 Å². The molecule has 9 nitrogen and oxygen atoms in total. The largest absolute Gasteiger partial charge is 0.403 e. The van der Waals surface area contributed by atoms with E-state index in [-0.39, 0.29) is 6.54 Å². The molecule has 1 heterocycles. The first-order valence-corrected chi connectivity index (χ1v) is 10.4. The molecule has 2 rings (SSSR count). The van der Waals surface area contributed by atoms with E-state index in [1.165, 1.54) is 6.20 Å². The van der Waals surface area contributed by atoms with E-state index in [1.807, 2.05) is 31.2 Å². The van der Waals surface area contributed by atoms with E-state index in [2.05, 4.69) is 30.3 Å². The third-order valence-corrected chi connectivity index (χ3v) is 4.33. The first-order chi connectivity index (χ1) is 13.3. The molecule has 0 amide bonds. The maximum atomic E-state index is 11.2. The number of allylic oxidation sites excluding steroid dienone is 1. The Labute approximate surface area is 165 Å². The lowest BCUT2D eigenvalue weighted by molar-refractivity contribution is 0.587. The van der Waals surface area contributed by atoms with Crippen LogP contribution in [0.5, 0.6) is 0 Å². The van der Waals surface area contributed by atoms with E-state index in [0.717, 1.165) is 22.9 Å². The topological polar surface area (TPSA) is 134 Å². The van der Waals surface area contributed by atoms with E-state index in [4.69, 9.17) is 5.73 Å². The Balaban J connectivity index is 2.07. The molecule has 1 aromatic heterocycles. The molecule has 150 valence electrons. The van der Waals surface area contributed by atoms with E-state index in [1.54, 1.807) is 19.5 Å². The Morgan fingerprint density at radius 1 is 1.29 bits per heavy atom. The Kier molecular flexibility index (Phi) is 7.47. The van der Waals surface area contributed by atoms with Crippen molar-refractivity contribution in [1.82, 2.24) is 14.7 Å². The van der Waals surface area contributed by atoms with Gasteiger partial charge in [-0.3, -0.25) is 4.99 Å². The smallest absolute Gasteiger partial charge is 0.229 e. The second kappa shape index (κ2) is 9.81. The van der Waals surface area contributed by atoms with Crippen molar-refractivity contribution < 1.29 is 8.42 Å². The summed E-state index contributed by atoms with van der Waals surface area (Å²) in [5.41, 5.74) is 8.90. The lowest BCUT2D eigenvalue weighted by Gasteiger charge is -2.12. The summed E-state index contributed by atoms with van der Waals surface area (Å²) < 4.78 is 25.0. The van der Waals surface area contributed by atoms with Gasteiger partial charge in [0.15, 0.2) is 0 Å². The molecule has 0 bridgehead atoms. The number of nitrogens with zero attached hydrogens (tertiary/aromatic N) is 3. The van der Waals surface area contributed by atoms with Crippen LogP contribution in [0.15, 0.2) is 47.4 Å². The molecule has 0 unspecified atom stereocenters. The summed E-state index contributed by atoms with van der Waals surface area (Å²) in [5, 5.41) is 6.27. The summed E-state index contributed by atoms with van der Waals surface area (Å²) >= 11 is 0. The predicted octanol–water partition coefficient (Wildman–Crippen LogP) is 1.36. The van der Waals surface area contributed by atoms with E-state index >= 15 is 0 Å². The van der Waals surface area contributed by atoms with Gasteiger partial charge >= 0.3 is 0 Å². The van der Waals surface area contributed by atoms with Gasteiger partial charge < -0.3 is 16.4 Å². The molecule has 28 heavy (non-hydrogen) atoms. The normalized spacial score (nSPS) is 12.3. The standard InChI is InChI=1S/C18H25N7O2S/c1-13-9-22-18(24-16(8-19)12-20-2)25-17(13)21-10-14-5-4-6-15(7-14)11-23-28(3,26)27/h4-9,12,23H,10-11,19H2,1-3H3,(H2,21,22,24,25). The molecular formula is C18H25N7O2S. The molecular weight excluding hydrogens is 378 g/mol. The minimum atomic E-state index is -3.23. The summed E-state index contributed by atoms with van der Waals surface area (Å²) in [6, 6.07) is 7.65. The monoisotopic (exact) mass is 403 g/mol. The second-order valence-electron chi connectivity index (χ2n) is 6.13. The lowest BCUT2D eigenvalue weighted by Crippen LogP contribution is -2.21. The minimum Gasteiger partial charge on any atom is -0.403 e. The minimum absolute atomic E-state index is 0.250. The van der Waals surface area contributed by atoms with Crippen LogP contribution in [0.4, 0.5) is 11.8 Å². The summed E-state index contributed by atoms with van der Waals surface area (Å²) in [6.07, 6.45) is 5.81. The summed E-state index contributed by atoms with van der Waals surface area (Å²) in [6.45, 7) is 2.69. The number of benzene rings is 1. The number of aromatic nitrogens is 2. The van der Waals surface area contributed by atoms with E-state index in [9.17, 15) is 8.42 Å². The van der Waals surface area contributed by atoms with Gasteiger partial charge in [-0.05, 0) is 18.1 Å². The quantitative estimate of drug-likeness (QED) is 0.464. The maximum absolute atomic E-state index is 11.2. The highest BCUT2D eigenvalue weighted by Gasteiger charge is 2.06. The van der Waals surface area contributed by atoms with Gasteiger partial charge in [0.05, 0.1) is 12.0 Å². The van der Waals surface area contributed by atoms with Gasteiger partial charge in [0.25, 0.3) is 0 Å². The van der Waals surface area contributed by atoms with Crippen molar-refractivity contribution in [3.8, 4) is 0 Å². The number of rotatable bonds is 9. The van der Waals surface area contributed by atoms with Crippen LogP contribution < -0.4 is 21.1 Å². The number of nitrogens with two attached hydrogens (primary N) is 1. The van der Waals surface area contributed by atoms with Crippen LogP contribution >= 0.6 is 0 Å². The van der Waals surface area contributed by atoms with E-state index in [0.29, 0.717) is 24.0 Å². The Hall–Kier alpha value is -2.98. The summed E-state index contributed by atoms with van der Waals surface area (Å²) in [4.78, 5) is 12.6. The van der Waals surface area contributed by atoms with Gasteiger partial charge in [-0.25, -0.2) is 18.1 Å². The Morgan fingerprint density at radius 2 is 2.00 bits per heavy atom. The number of hydrogen-bond donors (Lipinski definition) is 4. The molecule has 5 N–H and O–H groups in total. The number of anilines is 2. The van der Waals surface area contributed by atoms with Crippen LogP contribution in [0.1, 0.15) is 16.7 Å². The second-order valence-corrected chi connectivity index (χ2v) is 7.96. The average molecular weight is 404 g/mol. The molecule has 0 saturated heterocycles. The van der Waals surface area contributed by atoms with Crippen molar-refractivity contribution in [2.75, 3.05) is 23.9 Å². The SMILES string of the molecule is CN=CC(=CN)Nc1ncc(C)c(NCc2cccc(CNS(C)(=O)=O)c2)n1. The summed E-state index contributed by atoms with van der Waals surface area (Å²) in [7, 11) is -1.58. The van der Waals surface area contributed by atoms with Crippen LogP contribution in [-0.4, -0.2) is 37.9 Å². The fourth-order valence-corrected chi connectivity index (χ4v) is 2.75. The number of hydrogen-bond acceptors (Lipinski definition) is 8. The zero-order valence-corrected chi connectivity index (χ0v) is 16.9. The van der Waals surface area contributed by atoms with Crippen molar-refractivity contribution >= 4 is 28.0 Å². The highest BCUT2D eigenvalue weighted by atomic mass is 32.2. The lowest BCUT2D eigenvalue weighted by atomic mass is 10.1. The van der Waals surface area contributed by atoms with Crippen LogP contribution in [0.25, 0.3) is 0 Å². The molecule has 0 saturated carbocycles. The van der Waals surface area contributed by atoms with E-state index < -0.39 is 10.0 Å². The van der Waals surface area contributed by atoms with Crippen LogP contribution in [-0.2, 0) is 23.1 Å². The molecule has 0 radical (unpaired) electrons.